The van der Waals surface area contributed by atoms with E-state index in [1.54, 1.807) is 12.1 Å². The summed E-state index contributed by atoms with van der Waals surface area (Å²) in [6.45, 7) is -0.240. The fourth-order valence-electron chi connectivity index (χ4n) is 4.20. The van der Waals surface area contributed by atoms with Crippen LogP contribution in [0.4, 0.5) is 0 Å². The van der Waals surface area contributed by atoms with Crippen molar-refractivity contribution in [2.24, 2.45) is 5.92 Å². The molecule has 2 aliphatic rings. The van der Waals surface area contributed by atoms with Gasteiger partial charge >= 0.3 is 0 Å². The molecule has 2 fully saturated rings. The van der Waals surface area contributed by atoms with Gasteiger partial charge in [0.2, 0.25) is 11.8 Å². The van der Waals surface area contributed by atoms with Crippen LogP contribution in [0.3, 0.4) is 0 Å². The summed E-state index contributed by atoms with van der Waals surface area (Å²) in [5.41, 5.74) is 0. The van der Waals surface area contributed by atoms with Crippen LogP contribution < -0.4 is 5.32 Å². The number of carbonyl (C=O) groups excluding carboxylic acids is 2. The summed E-state index contributed by atoms with van der Waals surface area (Å²) in [5, 5.41) is 10.4. The lowest BCUT2D eigenvalue weighted by molar-refractivity contribution is -0.142. The van der Waals surface area contributed by atoms with Gasteiger partial charge in [-0.3, -0.25) is 9.59 Å². The Labute approximate surface area is 175 Å². The van der Waals surface area contributed by atoms with Gasteiger partial charge in [0.1, 0.15) is 12.6 Å². The highest BCUT2D eigenvalue weighted by Crippen LogP contribution is 2.34. The van der Waals surface area contributed by atoms with Gasteiger partial charge in [0.15, 0.2) is 9.84 Å². The Morgan fingerprint density at radius 3 is 2.55 bits per heavy atom. The van der Waals surface area contributed by atoms with E-state index >= 15 is 0 Å². The van der Waals surface area contributed by atoms with Crippen molar-refractivity contribution in [2.45, 2.75) is 54.7 Å². The molecule has 1 aromatic rings. The van der Waals surface area contributed by atoms with Gasteiger partial charge in [0, 0.05) is 12.5 Å². The topological polar surface area (TPSA) is 107 Å². The zero-order valence-corrected chi connectivity index (χ0v) is 17.6. The first kappa shape index (κ1) is 21.6. The molecular weight excluding hydrogens is 414 g/mol. The summed E-state index contributed by atoms with van der Waals surface area (Å²) in [5.74, 6) is -0.844. The molecule has 9 heteroatoms. The molecule has 2 atom stereocenters. The molecule has 1 saturated carbocycles. The van der Waals surface area contributed by atoms with Crippen molar-refractivity contribution in [3.63, 3.8) is 0 Å². The maximum atomic E-state index is 13.2. The van der Waals surface area contributed by atoms with Gasteiger partial charge in [-0.25, -0.2) is 8.42 Å². The van der Waals surface area contributed by atoms with E-state index in [-0.39, 0.29) is 41.3 Å². The maximum Gasteiger partial charge on any atom is 0.243 e. The third kappa shape index (κ3) is 4.57. The highest BCUT2D eigenvalue weighted by atomic mass is 35.5. The highest BCUT2D eigenvalue weighted by molar-refractivity contribution is 7.92. The zero-order chi connectivity index (χ0) is 21.0. The SMILES string of the molecule is N#CCNC(=O)[C@@H]1C[C@@H](S(=O)(=O)c2ccccc2Cl)CN1C(=O)C1CCCCC1. The predicted molar refractivity (Wildman–Crippen MR) is 108 cm³/mol. The van der Waals surface area contributed by atoms with E-state index in [0.717, 1.165) is 32.1 Å². The van der Waals surface area contributed by atoms with Crippen molar-refractivity contribution >= 4 is 33.3 Å². The molecule has 1 N–H and O–H groups in total. The number of hydrogen-bond donors (Lipinski definition) is 1. The van der Waals surface area contributed by atoms with Gasteiger partial charge in [-0.05, 0) is 31.4 Å². The number of nitrogens with zero attached hydrogens (tertiary/aromatic N) is 2. The number of carbonyl (C=O) groups is 2. The number of sulfone groups is 1. The average molecular weight is 438 g/mol. The van der Waals surface area contributed by atoms with E-state index in [4.69, 9.17) is 16.9 Å². The van der Waals surface area contributed by atoms with Crippen molar-refractivity contribution < 1.29 is 18.0 Å². The third-order valence-electron chi connectivity index (χ3n) is 5.73. The Morgan fingerprint density at radius 2 is 1.90 bits per heavy atom. The quantitative estimate of drug-likeness (QED) is 0.711. The molecule has 7 nitrogen and oxygen atoms in total. The van der Waals surface area contributed by atoms with Gasteiger partial charge in [-0.1, -0.05) is 43.0 Å². The van der Waals surface area contributed by atoms with Crippen LogP contribution >= 0.6 is 11.6 Å². The van der Waals surface area contributed by atoms with E-state index in [9.17, 15) is 18.0 Å². The lowest BCUT2D eigenvalue weighted by Gasteiger charge is -2.29. The predicted octanol–water partition coefficient (Wildman–Crippen LogP) is 2.30. The van der Waals surface area contributed by atoms with E-state index in [1.807, 2.05) is 6.07 Å². The lowest BCUT2D eigenvalue weighted by Crippen LogP contribution is -2.48. The van der Waals surface area contributed by atoms with Crippen LogP contribution in [0.2, 0.25) is 5.02 Å². The molecule has 1 aromatic carbocycles. The van der Waals surface area contributed by atoms with E-state index < -0.39 is 27.0 Å². The van der Waals surface area contributed by atoms with Gasteiger partial charge in [-0.15, -0.1) is 0 Å². The number of benzene rings is 1. The number of halogens is 1. The minimum atomic E-state index is -3.82. The van der Waals surface area contributed by atoms with Crippen LogP contribution in [0.25, 0.3) is 0 Å². The summed E-state index contributed by atoms with van der Waals surface area (Å²) >= 11 is 6.10. The molecular formula is C20H24ClN3O4S. The normalized spacial score (nSPS) is 22.8. The van der Waals surface area contributed by atoms with Crippen LogP contribution in [-0.2, 0) is 19.4 Å². The van der Waals surface area contributed by atoms with E-state index in [0.29, 0.717) is 0 Å². The first-order valence-electron chi connectivity index (χ1n) is 9.80. The van der Waals surface area contributed by atoms with Gasteiger partial charge in [0.05, 0.1) is 21.2 Å². The molecule has 0 aromatic heterocycles. The second-order valence-corrected chi connectivity index (χ2v) is 10.2. The molecule has 1 aliphatic carbocycles. The van der Waals surface area contributed by atoms with Crippen molar-refractivity contribution in [1.82, 2.24) is 10.2 Å². The Balaban J connectivity index is 1.88. The number of nitriles is 1. The van der Waals surface area contributed by atoms with Crippen LogP contribution in [0, 0.1) is 17.2 Å². The number of hydrogen-bond acceptors (Lipinski definition) is 5. The minimum absolute atomic E-state index is 0.00909. The summed E-state index contributed by atoms with van der Waals surface area (Å²) in [6, 6.07) is 7.11. The van der Waals surface area contributed by atoms with Crippen LogP contribution in [0.15, 0.2) is 29.2 Å². The number of likely N-dealkylation sites (tertiary alicyclic amines) is 1. The maximum absolute atomic E-state index is 13.2. The van der Waals surface area contributed by atoms with Crippen LogP contribution in [0.5, 0.6) is 0 Å². The molecule has 29 heavy (non-hydrogen) atoms. The Morgan fingerprint density at radius 1 is 1.21 bits per heavy atom. The van der Waals surface area contributed by atoms with Crippen molar-refractivity contribution in [1.29, 1.82) is 5.26 Å². The lowest BCUT2D eigenvalue weighted by atomic mass is 9.88. The molecule has 1 saturated heterocycles. The van der Waals surface area contributed by atoms with Gasteiger partial charge < -0.3 is 10.2 Å². The van der Waals surface area contributed by atoms with Crippen molar-refractivity contribution in [2.75, 3.05) is 13.1 Å². The Hall–Kier alpha value is -2.11. The summed E-state index contributed by atoms with van der Waals surface area (Å²) in [7, 11) is -3.82. The third-order valence-corrected chi connectivity index (χ3v) is 8.36. The zero-order valence-electron chi connectivity index (χ0n) is 16.0. The minimum Gasteiger partial charge on any atom is -0.341 e. The average Bonchev–Trinajstić information content (AvgIpc) is 3.18. The monoisotopic (exact) mass is 437 g/mol. The molecule has 1 aliphatic heterocycles. The summed E-state index contributed by atoms with van der Waals surface area (Å²) in [6.07, 6.45) is 4.49. The Kier molecular flexibility index (Phi) is 6.81. The molecule has 2 amide bonds. The molecule has 156 valence electrons. The smallest absolute Gasteiger partial charge is 0.243 e. The first-order valence-corrected chi connectivity index (χ1v) is 11.7. The van der Waals surface area contributed by atoms with E-state index in [1.165, 1.54) is 17.0 Å². The molecule has 0 unspecified atom stereocenters. The van der Waals surface area contributed by atoms with Crippen LogP contribution in [-0.4, -0.2) is 49.5 Å². The van der Waals surface area contributed by atoms with Crippen molar-refractivity contribution in [3.8, 4) is 6.07 Å². The molecule has 0 bridgehead atoms. The Bertz CT molecular complexity index is 922. The number of rotatable bonds is 5. The first-order chi connectivity index (χ1) is 13.9. The fraction of sp³-hybridized carbons (Fsp3) is 0.550. The second-order valence-electron chi connectivity index (χ2n) is 7.55. The molecule has 0 spiro atoms. The number of nitrogens with one attached hydrogen (secondary N) is 1. The van der Waals surface area contributed by atoms with Crippen molar-refractivity contribution in [3.05, 3.63) is 29.3 Å². The molecule has 3 rings (SSSR count). The van der Waals surface area contributed by atoms with Gasteiger partial charge in [-0.2, -0.15) is 5.26 Å². The highest BCUT2D eigenvalue weighted by Gasteiger charge is 2.46. The van der Waals surface area contributed by atoms with Crippen LogP contribution in [0.1, 0.15) is 38.5 Å². The fourth-order valence-corrected chi connectivity index (χ4v) is 6.42. The van der Waals surface area contributed by atoms with Gasteiger partial charge in [0.25, 0.3) is 0 Å². The molecule has 0 radical (unpaired) electrons. The number of amides is 2. The largest absolute Gasteiger partial charge is 0.341 e. The standard InChI is InChI=1S/C20H24ClN3O4S/c21-16-8-4-5-9-18(16)29(27,28)15-12-17(19(25)23-11-10-22)24(13-15)20(26)14-6-2-1-3-7-14/h4-5,8-9,14-15,17H,1-3,6-7,11-13H2,(H,23,25)/t15-,17+/m1/s1. The van der Waals surface area contributed by atoms with E-state index in [2.05, 4.69) is 5.32 Å². The summed E-state index contributed by atoms with van der Waals surface area (Å²) in [4.78, 5) is 27.1. The summed E-state index contributed by atoms with van der Waals surface area (Å²) < 4.78 is 26.4. The molecule has 1 heterocycles. The second kappa shape index (κ2) is 9.14.